The van der Waals surface area contributed by atoms with Gasteiger partial charge in [-0.3, -0.25) is 4.79 Å². The summed E-state index contributed by atoms with van der Waals surface area (Å²) >= 11 is 0. The molecule has 2 saturated carbocycles. The molecule has 2 aliphatic carbocycles. The van der Waals surface area contributed by atoms with Crippen molar-refractivity contribution in [2.24, 2.45) is 28.3 Å². The molecule has 31 heavy (non-hydrogen) atoms. The molecule has 0 aromatic heterocycles. The van der Waals surface area contributed by atoms with Crippen molar-refractivity contribution in [3.8, 4) is 11.5 Å². The third-order valence-corrected chi connectivity index (χ3v) is 5.89. The lowest BCUT2D eigenvalue weighted by Gasteiger charge is -2.10. The number of carbonyl (C=O) groups is 1. The summed E-state index contributed by atoms with van der Waals surface area (Å²) < 4.78 is 38.1. The number of benzene rings is 2. The number of hydrogen-bond donors (Lipinski definition) is 0. The molecule has 0 spiro atoms. The lowest BCUT2D eigenvalue weighted by molar-refractivity contribution is -0.147. The molecule has 2 unspecified atom stereocenters. The number of halogens is 2. The molecule has 2 aliphatic rings. The van der Waals surface area contributed by atoms with Gasteiger partial charge >= 0.3 is 5.97 Å². The molecule has 2 aromatic carbocycles. The Kier molecular flexibility index (Phi) is 5.94. The topological polar surface area (TPSA) is 57.1 Å². The zero-order valence-corrected chi connectivity index (χ0v) is 17.5. The summed E-state index contributed by atoms with van der Waals surface area (Å²) in [7, 11) is 0. The van der Waals surface area contributed by atoms with Gasteiger partial charge in [-0.25, -0.2) is 8.78 Å². The van der Waals surface area contributed by atoms with E-state index in [1.165, 1.54) is 55.3 Å². The summed E-state index contributed by atoms with van der Waals surface area (Å²) in [6.45, 7) is 4.60. The van der Waals surface area contributed by atoms with E-state index in [-0.39, 0.29) is 35.6 Å². The first kappa shape index (κ1) is 21.3. The highest BCUT2D eigenvalue weighted by molar-refractivity contribution is 5.85. The quantitative estimate of drug-likeness (QED) is 0.301. The Morgan fingerprint density at radius 3 is 2.61 bits per heavy atom. The molecule has 0 bridgehead atoms. The molecule has 5 nitrogen and oxygen atoms in total. The molecule has 164 valence electrons. The molecule has 0 radical (unpaired) electrons. The Labute approximate surface area is 180 Å². The fourth-order valence-corrected chi connectivity index (χ4v) is 3.54. The maximum absolute atomic E-state index is 14.1. The van der Waals surface area contributed by atoms with Crippen LogP contribution in [0.25, 0.3) is 0 Å². The van der Waals surface area contributed by atoms with Gasteiger partial charge in [0.25, 0.3) is 0 Å². The number of esters is 1. The molecule has 2 fully saturated rings. The van der Waals surface area contributed by atoms with Gasteiger partial charge in [0.2, 0.25) is 0 Å². The second kappa shape index (κ2) is 8.65. The standard InChI is InChI=1S/C24H25F2NO4/c1-24(2)19(12-27-30-14-15-3-4-15)22(24)23(28)29-13-16-5-10-20(26)21(11-16)31-18-8-6-17(25)7-9-18/h5-12,15,19,22H,3-4,13-14H2,1-2H3. The van der Waals surface area contributed by atoms with E-state index in [2.05, 4.69) is 5.16 Å². The van der Waals surface area contributed by atoms with E-state index in [1.54, 1.807) is 6.21 Å². The van der Waals surface area contributed by atoms with Gasteiger partial charge < -0.3 is 14.3 Å². The number of ether oxygens (including phenoxy) is 2. The van der Waals surface area contributed by atoms with Gasteiger partial charge in [-0.05, 0) is 66.1 Å². The molecule has 0 heterocycles. The van der Waals surface area contributed by atoms with E-state index in [0.717, 1.165) is 0 Å². The van der Waals surface area contributed by atoms with Crippen molar-refractivity contribution in [2.45, 2.75) is 33.3 Å². The molecular weight excluding hydrogens is 404 g/mol. The van der Waals surface area contributed by atoms with E-state index in [0.29, 0.717) is 23.8 Å². The predicted molar refractivity (Wildman–Crippen MR) is 111 cm³/mol. The van der Waals surface area contributed by atoms with Crippen LogP contribution in [-0.4, -0.2) is 18.8 Å². The van der Waals surface area contributed by atoms with Gasteiger partial charge in [0.1, 0.15) is 24.8 Å². The number of rotatable bonds is 9. The first-order valence-electron chi connectivity index (χ1n) is 10.4. The molecule has 2 aromatic rings. The van der Waals surface area contributed by atoms with Crippen LogP contribution in [-0.2, 0) is 21.0 Å². The van der Waals surface area contributed by atoms with Crippen molar-refractivity contribution in [1.82, 2.24) is 0 Å². The van der Waals surface area contributed by atoms with Crippen LogP contribution in [0, 0.1) is 34.8 Å². The van der Waals surface area contributed by atoms with Crippen molar-refractivity contribution < 1.29 is 27.9 Å². The minimum Gasteiger partial charge on any atom is -0.461 e. The molecule has 4 rings (SSSR count). The van der Waals surface area contributed by atoms with Crippen molar-refractivity contribution >= 4 is 12.2 Å². The zero-order chi connectivity index (χ0) is 22.0. The van der Waals surface area contributed by atoms with Crippen LogP contribution >= 0.6 is 0 Å². The van der Waals surface area contributed by atoms with Crippen LogP contribution in [0.5, 0.6) is 11.5 Å². The van der Waals surface area contributed by atoms with Gasteiger partial charge in [0.05, 0.1) is 5.92 Å². The van der Waals surface area contributed by atoms with Crippen molar-refractivity contribution in [2.75, 3.05) is 6.61 Å². The Morgan fingerprint density at radius 1 is 1.16 bits per heavy atom. The predicted octanol–water partition coefficient (Wildman–Crippen LogP) is 5.48. The molecule has 0 N–H and O–H groups in total. The van der Waals surface area contributed by atoms with Gasteiger partial charge in [-0.1, -0.05) is 25.1 Å². The lowest BCUT2D eigenvalue weighted by atomic mass is 10.1. The maximum Gasteiger partial charge on any atom is 0.310 e. The number of nitrogens with zero attached hydrogens (tertiary/aromatic N) is 1. The normalized spacial score (nSPS) is 21.7. The van der Waals surface area contributed by atoms with Gasteiger partial charge in [0, 0.05) is 12.1 Å². The third kappa shape index (κ3) is 5.21. The van der Waals surface area contributed by atoms with E-state index < -0.39 is 11.6 Å². The summed E-state index contributed by atoms with van der Waals surface area (Å²) in [5.41, 5.74) is 0.340. The summed E-state index contributed by atoms with van der Waals surface area (Å²) in [5, 5.41) is 4.01. The minimum atomic E-state index is -0.565. The summed E-state index contributed by atoms with van der Waals surface area (Å²) in [6, 6.07) is 9.52. The number of hydrogen-bond acceptors (Lipinski definition) is 5. The Morgan fingerprint density at radius 2 is 1.90 bits per heavy atom. The van der Waals surface area contributed by atoms with Crippen molar-refractivity contribution in [1.29, 1.82) is 0 Å². The first-order valence-corrected chi connectivity index (χ1v) is 10.4. The number of oxime groups is 1. The highest BCUT2D eigenvalue weighted by Crippen LogP contribution is 2.57. The SMILES string of the molecule is CC1(C)C(C=NOCC2CC2)C1C(=O)OCc1ccc(F)c(Oc2ccc(F)cc2)c1. The summed E-state index contributed by atoms with van der Waals surface area (Å²) in [5.74, 6) is -0.725. The van der Waals surface area contributed by atoms with E-state index in [9.17, 15) is 13.6 Å². The first-order chi connectivity index (χ1) is 14.8. The molecular formula is C24H25F2NO4. The van der Waals surface area contributed by atoms with E-state index in [4.69, 9.17) is 14.3 Å². The fraction of sp³-hybridized carbons (Fsp3) is 0.417. The second-order valence-corrected chi connectivity index (χ2v) is 8.75. The van der Waals surface area contributed by atoms with Crippen LogP contribution in [0.2, 0.25) is 0 Å². The monoisotopic (exact) mass is 429 g/mol. The summed E-state index contributed by atoms with van der Waals surface area (Å²) in [4.78, 5) is 17.9. The van der Waals surface area contributed by atoms with E-state index in [1.807, 2.05) is 13.8 Å². The maximum atomic E-state index is 14.1. The highest BCUT2D eigenvalue weighted by Gasteiger charge is 2.62. The average Bonchev–Trinajstić information content (AvgIpc) is 3.64. The minimum absolute atomic E-state index is 0.00643. The Hall–Kier alpha value is -2.96. The molecule has 7 heteroatoms. The molecule has 2 atom stereocenters. The van der Waals surface area contributed by atoms with Crippen molar-refractivity contribution in [3.63, 3.8) is 0 Å². The molecule has 0 saturated heterocycles. The Bertz CT molecular complexity index is 970. The van der Waals surface area contributed by atoms with Crippen LogP contribution < -0.4 is 4.74 Å². The zero-order valence-electron chi connectivity index (χ0n) is 17.5. The van der Waals surface area contributed by atoms with Crippen LogP contribution in [0.4, 0.5) is 8.78 Å². The van der Waals surface area contributed by atoms with Crippen LogP contribution in [0.3, 0.4) is 0 Å². The van der Waals surface area contributed by atoms with E-state index >= 15 is 0 Å². The second-order valence-electron chi connectivity index (χ2n) is 8.75. The van der Waals surface area contributed by atoms with Gasteiger partial charge in [-0.15, -0.1) is 0 Å². The smallest absolute Gasteiger partial charge is 0.310 e. The lowest BCUT2D eigenvalue weighted by Crippen LogP contribution is -2.11. The fourth-order valence-electron chi connectivity index (χ4n) is 3.54. The average molecular weight is 429 g/mol. The Balaban J connectivity index is 1.32. The van der Waals surface area contributed by atoms with Crippen molar-refractivity contribution in [3.05, 3.63) is 59.7 Å². The third-order valence-electron chi connectivity index (χ3n) is 5.89. The molecule has 0 amide bonds. The molecule has 0 aliphatic heterocycles. The highest BCUT2D eigenvalue weighted by atomic mass is 19.1. The summed E-state index contributed by atoms with van der Waals surface area (Å²) in [6.07, 6.45) is 4.08. The number of carbonyl (C=O) groups excluding carboxylic acids is 1. The van der Waals surface area contributed by atoms with Gasteiger partial charge in [0.15, 0.2) is 11.6 Å². The van der Waals surface area contributed by atoms with Crippen LogP contribution in [0.1, 0.15) is 32.3 Å². The largest absolute Gasteiger partial charge is 0.461 e. The van der Waals surface area contributed by atoms with Crippen LogP contribution in [0.15, 0.2) is 47.6 Å². The van der Waals surface area contributed by atoms with Gasteiger partial charge in [-0.2, -0.15) is 0 Å².